The Kier molecular flexibility index (Phi) is 5.59. The number of nitrogens with one attached hydrogen (secondary N) is 1. The van der Waals surface area contributed by atoms with E-state index in [-0.39, 0.29) is 10.6 Å². The van der Waals surface area contributed by atoms with Gasteiger partial charge in [0, 0.05) is 29.7 Å². The van der Waals surface area contributed by atoms with Gasteiger partial charge in [0.15, 0.2) is 0 Å². The average Bonchev–Trinajstić information content (AvgIpc) is 2.46. The van der Waals surface area contributed by atoms with Crippen LogP contribution in [0.2, 0.25) is 5.02 Å². The van der Waals surface area contributed by atoms with Crippen LogP contribution < -0.4 is 5.32 Å². The second kappa shape index (κ2) is 7.23. The molecule has 0 amide bonds. The number of non-ortho nitro benzene ring substituents is 1. The molecule has 0 bridgehead atoms. The maximum atomic E-state index is 10.9. The van der Waals surface area contributed by atoms with Gasteiger partial charge in [0.1, 0.15) is 0 Å². The zero-order valence-electron chi connectivity index (χ0n) is 12.6. The summed E-state index contributed by atoms with van der Waals surface area (Å²) in [6, 6.07) is 5.11. The van der Waals surface area contributed by atoms with Crippen molar-refractivity contribution in [3.63, 3.8) is 0 Å². The van der Waals surface area contributed by atoms with Gasteiger partial charge in [0.05, 0.1) is 4.92 Å². The molecule has 0 heterocycles. The zero-order chi connectivity index (χ0) is 15.4. The first-order valence-corrected chi connectivity index (χ1v) is 8.03. The molecule has 2 unspecified atom stereocenters. The Morgan fingerprint density at radius 1 is 1.38 bits per heavy atom. The van der Waals surface area contributed by atoms with Crippen LogP contribution in [0.5, 0.6) is 0 Å². The summed E-state index contributed by atoms with van der Waals surface area (Å²) in [7, 11) is 0. The van der Waals surface area contributed by atoms with E-state index in [1.807, 2.05) is 0 Å². The van der Waals surface area contributed by atoms with Crippen molar-refractivity contribution in [3.8, 4) is 0 Å². The molecule has 1 fully saturated rings. The van der Waals surface area contributed by atoms with E-state index in [0.29, 0.717) is 29.4 Å². The number of halogens is 1. The predicted molar refractivity (Wildman–Crippen MR) is 85.5 cm³/mol. The normalized spacial score (nSPS) is 22.5. The Hall–Kier alpha value is -1.13. The van der Waals surface area contributed by atoms with Crippen LogP contribution in [0.1, 0.15) is 45.1 Å². The highest BCUT2D eigenvalue weighted by Crippen LogP contribution is 2.31. The van der Waals surface area contributed by atoms with Gasteiger partial charge in [-0.1, -0.05) is 38.3 Å². The summed E-state index contributed by atoms with van der Waals surface area (Å²) in [6.45, 7) is 5.13. The van der Waals surface area contributed by atoms with E-state index in [0.717, 1.165) is 5.56 Å². The molecule has 1 saturated carbocycles. The molecule has 1 aliphatic carbocycles. The summed E-state index contributed by atoms with van der Waals surface area (Å²) in [5, 5.41) is 15.0. The van der Waals surface area contributed by atoms with E-state index < -0.39 is 0 Å². The van der Waals surface area contributed by atoms with Gasteiger partial charge < -0.3 is 5.32 Å². The van der Waals surface area contributed by atoms with E-state index in [1.165, 1.54) is 31.7 Å². The van der Waals surface area contributed by atoms with E-state index >= 15 is 0 Å². The summed E-state index contributed by atoms with van der Waals surface area (Å²) in [5.41, 5.74) is 0.902. The lowest BCUT2D eigenvalue weighted by atomic mass is 9.78. The summed E-state index contributed by atoms with van der Waals surface area (Å²) in [5.74, 6) is 1.33. The fraction of sp³-hybridized carbons (Fsp3) is 0.625. The molecule has 0 saturated heterocycles. The number of nitro groups is 1. The van der Waals surface area contributed by atoms with Gasteiger partial charge in [-0.2, -0.15) is 0 Å². The van der Waals surface area contributed by atoms with E-state index in [9.17, 15) is 10.1 Å². The van der Waals surface area contributed by atoms with Crippen LogP contribution in [0.15, 0.2) is 18.2 Å². The largest absolute Gasteiger partial charge is 0.310 e. The third kappa shape index (κ3) is 4.17. The number of nitro benzene ring substituents is 1. The standard InChI is InChI=1S/C16H23ClN2O2/c1-11(2)14-5-3-4-6-16(14)18-10-12-9-13(19(20)21)7-8-15(12)17/h7-9,11,14,16,18H,3-6,10H2,1-2H3. The van der Waals surface area contributed by atoms with Crippen molar-refractivity contribution in [2.75, 3.05) is 0 Å². The molecule has 116 valence electrons. The molecule has 4 nitrogen and oxygen atoms in total. The minimum atomic E-state index is -0.378. The number of rotatable bonds is 5. The van der Waals surface area contributed by atoms with Crippen molar-refractivity contribution in [1.82, 2.24) is 5.32 Å². The van der Waals surface area contributed by atoms with Crippen molar-refractivity contribution in [2.24, 2.45) is 11.8 Å². The van der Waals surface area contributed by atoms with Crippen LogP contribution in [-0.4, -0.2) is 11.0 Å². The lowest BCUT2D eigenvalue weighted by molar-refractivity contribution is -0.384. The minimum absolute atomic E-state index is 0.0975. The summed E-state index contributed by atoms with van der Waals surface area (Å²) in [4.78, 5) is 10.5. The zero-order valence-corrected chi connectivity index (χ0v) is 13.4. The summed E-state index contributed by atoms with van der Waals surface area (Å²) < 4.78 is 0. The highest BCUT2D eigenvalue weighted by Gasteiger charge is 2.27. The monoisotopic (exact) mass is 310 g/mol. The molecular weight excluding hydrogens is 288 g/mol. The summed E-state index contributed by atoms with van der Waals surface area (Å²) in [6.07, 6.45) is 5.00. The third-order valence-corrected chi connectivity index (χ3v) is 4.84. The van der Waals surface area contributed by atoms with Gasteiger partial charge in [-0.05, 0) is 36.3 Å². The Labute approximate surface area is 131 Å². The molecule has 0 spiro atoms. The molecule has 5 heteroatoms. The van der Waals surface area contributed by atoms with Crippen LogP contribution in [0.3, 0.4) is 0 Å². The molecule has 1 aromatic rings. The van der Waals surface area contributed by atoms with Crippen molar-refractivity contribution >= 4 is 17.3 Å². The topological polar surface area (TPSA) is 55.2 Å². The van der Waals surface area contributed by atoms with Crippen LogP contribution >= 0.6 is 11.6 Å². The Morgan fingerprint density at radius 3 is 2.76 bits per heavy atom. The van der Waals surface area contributed by atoms with Crippen molar-refractivity contribution < 1.29 is 4.92 Å². The van der Waals surface area contributed by atoms with E-state index in [1.54, 1.807) is 12.1 Å². The quantitative estimate of drug-likeness (QED) is 0.641. The molecule has 0 radical (unpaired) electrons. The SMILES string of the molecule is CC(C)C1CCCCC1NCc1cc([N+](=O)[O-])ccc1Cl. The van der Waals surface area contributed by atoms with Gasteiger partial charge >= 0.3 is 0 Å². The van der Waals surface area contributed by atoms with Crippen molar-refractivity contribution in [3.05, 3.63) is 38.9 Å². The first kappa shape index (κ1) is 16.2. The maximum absolute atomic E-state index is 10.9. The van der Waals surface area contributed by atoms with Crippen LogP contribution in [0, 0.1) is 22.0 Å². The molecule has 21 heavy (non-hydrogen) atoms. The maximum Gasteiger partial charge on any atom is 0.269 e. The lowest BCUT2D eigenvalue weighted by Gasteiger charge is -2.35. The first-order valence-electron chi connectivity index (χ1n) is 7.65. The van der Waals surface area contributed by atoms with Crippen molar-refractivity contribution in [2.45, 2.75) is 52.1 Å². The van der Waals surface area contributed by atoms with Gasteiger partial charge in [-0.25, -0.2) is 0 Å². The molecule has 1 aliphatic rings. The Bertz CT molecular complexity index is 505. The van der Waals surface area contributed by atoms with E-state index in [2.05, 4.69) is 19.2 Å². The highest BCUT2D eigenvalue weighted by molar-refractivity contribution is 6.31. The number of nitrogens with zero attached hydrogens (tertiary/aromatic N) is 1. The predicted octanol–water partition coefficient (Wildman–Crippen LogP) is 4.55. The Balaban J connectivity index is 2.04. The minimum Gasteiger partial charge on any atom is -0.310 e. The molecule has 0 aliphatic heterocycles. The first-order chi connectivity index (χ1) is 9.99. The van der Waals surface area contributed by atoms with Crippen LogP contribution in [-0.2, 0) is 6.54 Å². The number of hydrogen-bond acceptors (Lipinski definition) is 3. The van der Waals surface area contributed by atoms with Gasteiger partial charge in [0.25, 0.3) is 5.69 Å². The second-order valence-electron chi connectivity index (χ2n) is 6.21. The van der Waals surface area contributed by atoms with Gasteiger partial charge in [-0.3, -0.25) is 10.1 Å². The molecule has 1 N–H and O–H groups in total. The average molecular weight is 311 g/mol. The molecule has 2 rings (SSSR count). The lowest BCUT2D eigenvalue weighted by Crippen LogP contribution is -2.40. The van der Waals surface area contributed by atoms with Gasteiger partial charge in [-0.15, -0.1) is 0 Å². The van der Waals surface area contributed by atoms with Crippen molar-refractivity contribution in [1.29, 1.82) is 0 Å². The van der Waals surface area contributed by atoms with Gasteiger partial charge in [0.2, 0.25) is 0 Å². The van der Waals surface area contributed by atoms with E-state index in [4.69, 9.17) is 11.6 Å². The highest BCUT2D eigenvalue weighted by atomic mass is 35.5. The molecular formula is C16H23ClN2O2. The van der Waals surface area contributed by atoms with Crippen LogP contribution in [0.4, 0.5) is 5.69 Å². The third-order valence-electron chi connectivity index (χ3n) is 4.47. The summed E-state index contributed by atoms with van der Waals surface area (Å²) >= 11 is 6.15. The molecule has 2 atom stereocenters. The Morgan fingerprint density at radius 2 is 2.10 bits per heavy atom. The second-order valence-corrected chi connectivity index (χ2v) is 6.62. The van der Waals surface area contributed by atoms with Crippen LogP contribution in [0.25, 0.3) is 0 Å². The smallest absolute Gasteiger partial charge is 0.269 e. The fourth-order valence-corrected chi connectivity index (χ4v) is 3.45. The molecule has 0 aromatic heterocycles. The fourth-order valence-electron chi connectivity index (χ4n) is 3.26. The number of hydrogen-bond donors (Lipinski definition) is 1. The molecule has 1 aromatic carbocycles. The number of benzene rings is 1.